The summed E-state index contributed by atoms with van der Waals surface area (Å²) in [6, 6.07) is 0. The fraction of sp³-hybridized carbons (Fsp3) is 0.778. The Hall–Kier alpha value is -1.30. The van der Waals surface area contributed by atoms with Crippen LogP contribution in [0.25, 0.3) is 0 Å². The normalized spacial score (nSPS) is 22.5. The lowest BCUT2D eigenvalue weighted by Gasteiger charge is -2.42. The van der Waals surface area contributed by atoms with E-state index >= 15 is 0 Å². The Morgan fingerprint density at radius 3 is 2.93 bits per heavy atom. The first kappa shape index (κ1) is 10.2. The molecule has 0 unspecified atom stereocenters. The highest BCUT2D eigenvalue weighted by Crippen LogP contribution is 2.27. The van der Waals surface area contributed by atoms with Crippen molar-refractivity contribution in [2.24, 2.45) is 0 Å². The number of carbonyl (C=O) groups excluding carboxylic acids is 2. The third-order valence-corrected chi connectivity index (χ3v) is 2.76. The molecular weight excluding hydrogens is 200 g/mol. The number of cyclic esters (lactones) is 1. The van der Waals surface area contributed by atoms with Gasteiger partial charge in [-0.3, -0.25) is 9.69 Å². The number of hydrogen-bond donors (Lipinski definition) is 1. The van der Waals surface area contributed by atoms with Gasteiger partial charge in [0.2, 0.25) is 0 Å². The molecule has 2 fully saturated rings. The van der Waals surface area contributed by atoms with E-state index in [0.29, 0.717) is 26.3 Å². The van der Waals surface area contributed by atoms with Crippen molar-refractivity contribution in [3.8, 4) is 0 Å². The first-order valence-corrected chi connectivity index (χ1v) is 4.99. The maximum atomic E-state index is 11.4. The fourth-order valence-corrected chi connectivity index (χ4v) is 1.82. The molecule has 1 amide bonds. The first-order valence-electron chi connectivity index (χ1n) is 4.99. The second-order valence-electron chi connectivity index (χ2n) is 3.77. The van der Waals surface area contributed by atoms with Crippen molar-refractivity contribution in [3.63, 3.8) is 0 Å². The molecule has 2 saturated heterocycles. The quantitative estimate of drug-likeness (QED) is 0.632. The molecule has 0 radical (unpaired) electrons. The van der Waals surface area contributed by atoms with Gasteiger partial charge in [0, 0.05) is 13.1 Å². The predicted molar refractivity (Wildman–Crippen MR) is 50.3 cm³/mol. The molecule has 2 rings (SSSR count). The van der Waals surface area contributed by atoms with Crippen LogP contribution in [0.15, 0.2) is 0 Å². The molecule has 2 aliphatic rings. The van der Waals surface area contributed by atoms with Crippen LogP contribution < -0.4 is 5.32 Å². The molecule has 2 heterocycles. The van der Waals surface area contributed by atoms with Gasteiger partial charge in [0.05, 0.1) is 6.61 Å². The van der Waals surface area contributed by atoms with Crippen LogP contribution in [0.4, 0.5) is 4.79 Å². The number of nitrogens with one attached hydrogen (secondary N) is 1. The average Bonchev–Trinajstić information content (AvgIpc) is 2.44. The highest BCUT2D eigenvalue weighted by Gasteiger charge is 2.52. The van der Waals surface area contributed by atoms with Crippen molar-refractivity contribution in [2.75, 3.05) is 32.8 Å². The SMILES string of the molecule is CCOC(=O)CN1C(=O)OCC12CNC2. The number of nitrogens with zero attached hydrogens (tertiary/aromatic N) is 1. The molecule has 1 spiro atoms. The van der Waals surface area contributed by atoms with Crippen LogP contribution in [-0.4, -0.2) is 55.3 Å². The molecule has 84 valence electrons. The molecule has 15 heavy (non-hydrogen) atoms. The van der Waals surface area contributed by atoms with Gasteiger partial charge in [-0.05, 0) is 6.92 Å². The average molecular weight is 214 g/mol. The van der Waals surface area contributed by atoms with Gasteiger partial charge in [-0.15, -0.1) is 0 Å². The van der Waals surface area contributed by atoms with Gasteiger partial charge < -0.3 is 14.8 Å². The summed E-state index contributed by atoms with van der Waals surface area (Å²) in [5, 5.41) is 3.07. The Morgan fingerprint density at radius 2 is 2.40 bits per heavy atom. The molecule has 0 saturated carbocycles. The minimum atomic E-state index is -0.426. The Bertz CT molecular complexity index is 288. The molecule has 2 aliphatic heterocycles. The van der Waals surface area contributed by atoms with Gasteiger partial charge in [-0.1, -0.05) is 0 Å². The molecule has 6 nitrogen and oxygen atoms in total. The number of rotatable bonds is 3. The monoisotopic (exact) mass is 214 g/mol. The van der Waals surface area contributed by atoms with Gasteiger partial charge in [0.1, 0.15) is 18.7 Å². The number of carbonyl (C=O) groups is 2. The standard InChI is InChI=1S/C9H14N2O4/c1-2-14-7(12)3-11-8(13)15-6-9(11)4-10-5-9/h10H,2-6H2,1H3. The highest BCUT2D eigenvalue weighted by molar-refractivity contribution is 5.80. The van der Waals surface area contributed by atoms with Crippen molar-refractivity contribution in [2.45, 2.75) is 12.5 Å². The molecule has 0 aromatic carbocycles. The third-order valence-electron chi connectivity index (χ3n) is 2.76. The molecule has 1 N–H and O–H groups in total. The first-order chi connectivity index (χ1) is 7.18. The summed E-state index contributed by atoms with van der Waals surface area (Å²) in [7, 11) is 0. The van der Waals surface area contributed by atoms with E-state index in [1.54, 1.807) is 6.92 Å². The minimum absolute atomic E-state index is 0.0195. The Kier molecular flexibility index (Phi) is 2.52. The molecule has 0 aromatic heterocycles. The molecule has 0 atom stereocenters. The smallest absolute Gasteiger partial charge is 0.411 e. The van der Waals surface area contributed by atoms with Gasteiger partial charge in [0.15, 0.2) is 0 Å². The van der Waals surface area contributed by atoms with Gasteiger partial charge in [-0.25, -0.2) is 4.79 Å². The van der Waals surface area contributed by atoms with Crippen molar-refractivity contribution < 1.29 is 19.1 Å². The van der Waals surface area contributed by atoms with E-state index in [4.69, 9.17) is 9.47 Å². The van der Waals surface area contributed by atoms with Gasteiger partial charge >= 0.3 is 12.1 Å². The molecule has 0 bridgehead atoms. The van der Waals surface area contributed by atoms with Crippen LogP contribution in [0.3, 0.4) is 0 Å². The second-order valence-corrected chi connectivity index (χ2v) is 3.77. The Labute approximate surface area is 87.5 Å². The van der Waals surface area contributed by atoms with Crippen molar-refractivity contribution >= 4 is 12.1 Å². The van der Waals surface area contributed by atoms with Crippen molar-refractivity contribution in [1.82, 2.24) is 10.2 Å². The number of ether oxygens (including phenoxy) is 2. The van der Waals surface area contributed by atoms with Crippen LogP contribution in [0.2, 0.25) is 0 Å². The topological polar surface area (TPSA) is 67.9 Å². The number of esters is 1. The predicted octanol–water partition coefficient (Wildman–Crippen LogP) is -0.656. The highest BCUT2D eigenvalue weighted by atomic mass is 16.6. The summed E-state index contributed by atoms with van der Waals surface area (Å²) >= 11 is 0. The van der Waals surface area contributed by atoms with Crippen molar-refractivity contribution in [3.05, 3.63) is 0 Å². The summed E-state index contributed by atoms with van der Waals surface area (Å²) in [6.07, 6.45) is -0.426. The van der Waals surface area contributed by atoms with Crippen LogP contribution in [-0.2, 0) is 14.3 Å². The van der Waals surface area contributed by atoms with E-state index in [1.807, 2.05) is 0 Å². The molecule has 0 aromatic rings. The Balaban J connectivity index is 1.99. The van der Waals surface area contributed by atoms with Crippen LogP contribution in [0.5, 0.6) is 0 Å². The van der Waals surface area contributed by atoms with Crippen LogP contribution in [0.1, 0.15) is 6.92 Å². The van der Waals surface area contributed by atoms with Crippen LogP contribution >= 0.6 is 0 Å². The molecule has 6 heteroatoms. The molecular formula is C9H14N2O4. The second kappa shape index (κ2) is 3.69. The van der Waals surface area contributed by atoms with Crippen LogP contribution in [0, 0.1) is 0 Å². The van der Waals surface area contributed by atoms with E-state index in [-0.39, 0.29) is 18.1 Å². The van der Waals surface area contributed by atoms with Crippen molar-refractivity contribution in [1.29, 1.82) is 0 Å². The van der Waals surface area contributed by atoms with E-state index in [1.165, 1.54) is 4.90 Å². The lowest BCUT2D eigenvalue weighted by Crippen LogP contribution is -2.68. The zero-order chi connectivity index (χ0) is 10.9. The van der Waals surface area contributed by atoms with Gasteiger partial charge in [0.25, 0.3) is 0 Å². The zero-order valence-corrected chi connectivity index (χ0v) is 8.62. The maximum Gasteiger partial charge on any atom is 0.411 e. The summed E-state index contributed by atoms with van der Waals surface area (Å²) in [5.41, 5.74) is -0.316. The minimum Gasteiger partial charge on any atom is -0.465 e. The van der Waals surface area contributed by atoms with E-state index in [0.717, 1.165) is 0 Å². The Morgan fingerprint density at radius 1 is 1.67 bits per heavy atom. The van der Waals surface area contributed by atoms with E-state index in [2.05, 4.69) is 5.32 Å². The number of amides is 1. The fourth-order valence-electron chi connectivity index (χ4n) is 1.82. The van der Waals surface area contributed by atoms with Gasteiger partial charge in [-0.2, -0.15) is 0 Å². The molecule has 0 aliphatic carbocycles. The lowest BCUT2D eigenvalue weighted by molar-refractivity contribution is -0.145. The summed E-state index contributed by atoms with van der Waals surface area (Å²) in [5.74, 6) is -0.386. The third kappa shape index (κ3) is 1.65. The summed E-state index contributed by atoms with van der Waals surface area (Å²) in [4.78, 5) is 24.1. The summed E-state index contributed by atoms with van der Waals surface area (Å²) in [6.45, 7) is 3.76. The van der Waals surface area contributed by atoms with E-state index in [9.17, 15) is 9.59 Å². The zero-order valence-electron chi connectivity index (χ0n) is 8.62. The maximum absolute atomic E-state index is 11.4. The summed E-state index contributed by atoms with van der Waals surface area (Å²) < 4.78 is 9.75. The number of hydrogen-bond acceptors (Lipinski definition) is 5. The van der Waals surface area contributed by atoms with E-state index < -0.39 is 6.09 Å². The lowest BCUT2D eigenvalue weighted by atomic mass is 9.92. The largest absolute Gasteiger partial charge is 0.465 e.